The third-order valence-corrected chi connectivity index (χ3v) is 4.12. The maximum absolute atomic E-state index is 6.32. The molecule has 0 aromatic heterocycles. The number of rotatable bonds is 6. The van der Waals surface area contributed by atoms with E-state index in [4.69, 9.17) is 16.3 Å². The van der Waals surface area contributed by atoms with Crippen molar-refractivity contribution in [3.05, 3.63) is 56.6 Å². The molecule has 0 atom stereocenters. The van der Waals surface area contributed by atoms with Crippen molar-refractivity contribution in [1.82, 2.24) is 5.32 Å². The van der Waals surface area contributed by atoms with Gasteiger partial charge in [0.15, 0.2) is 0 Å². The zero-order valence-electron chi connectivity index (χ0n) is 12.2. The highest BCUT2D eigenvalue weighted by Gasteiger charge is 2.07. The van der Waals surface area contributed by atoms with Crippen molar-refractivity contribution < 1.29 is 4.74 Å². The summed E-state index contributed by atoms with van der Waals surface area (Å²) >= 11 is 8.57. The second-order valence-corrected chi connectivity index (χ2v) is 6.89. The van der Waals surface area contributed by atoms with Gasteiger partial charge in [-0.15, -0.1) is 0 Å². The Labute approximate surface area is 145 Å². The molecule has 4 heteroatoms. The van der Waals surface area contributed by atoms with Crippen LogP contribution in [0, 0.1) is 9.49 Å². The lowest BCUT2D eigenvalue weighted by atomic mass is 10.2. The molecule has 2 nitrogen and oxygen atoms in total. The van der Waals surface area contributed by atoms with E-state index in [9.17, 15) is 0 Å². The Balaban J connectivity index is 2.04. The third kappa shape index (κ3) is 5.16. The van der Waals surface area contributed by atoms with Crippen molar-refractivity contribution >= 4 is 34.2 Å². The van der Waals surface area contributed by atoms with Gasteiger partial charge in [-0.3, -0.25) is 0 Å². The average molecular weight is 416 g/mol. The number of ether oxygens (including phenoxy) is 1. The van der Waals surface area contributed by atoms with E-state index < -0.39 is 0 Å². The van der Waals surface area contributed by atoms with E-state index in [2.05, 4.69) is 41.8 Å². The highest BCUT2D eigenvalue weighted by molar-refractivity contribution is 14.1. The zero-order valence-corrected chi connectivity index (χ0v) is 15.1. The Morgan fingerprint density at radius 1 is 1.14 bits per heavy atom. The normalized spacial score (nSPS) is 10.9. The largest absolute Gasteiger partial charge is 0.455 e. The summed E-state index contributed by atoms with van der Waals surface area (Å²) < 4.78 is 6.94. The lowest BCUT2D eigenvalue weighted by Crippen LogP contribution is -2.18. The average Bonchev–Trinajstić information content (AvgIpc) is 2.43. The highest BCUT2D eigenvalue weighted by Crippen LogP contribution is 2.32. The minimum atomic E-state index is 0.638. The lowest BCUT2D eigenvalue weighted by molar-refractivity contribution is 0.479. The molecule has 0 saturated heterocycles. The van der Waals surface area contributed by atoms with Crippen LogP contribution < -0.4 is 10.1 Å². The maximum Gasteiger partial charge on any atom is 0.146 e. The molecule has 0 bridgehead atoms. The van der Waals surface area contributed by atoms with Crippen molar-refractivity contribution in [2.45, 2.75) is 20.4 Å². The Morgan fingerprint density at radius 2 is 1.90 bits per heavy atom. The molecule has 112 valence electrons. The summed E-state index contributed by atoms with van der Waals surface area (Å²) in [6, 6.07) is 13.8. The molecular formula is C17H19ClINO. The molecule has 0 unspecified atom stereocenters. The quantitative estimate of drug-likeness (QED) is 0.631. The fourth-order valence-electron chi connectivity index (χ4n) is 1.89. The topological polar surface area (TPSA) is 21.3 Å². The standard InChI is InChI=1S/C17H19ClINO/c1-12(2)10-20-11-13-7-8-16(14(18)9-13)21-17-6-4-3-5-15(17)19/h3-9,12,20H,10-11H2,1-2H3. The highest BCUT2D eigenvalue weighted by atomic mass is 127. The van der Waals surface area contributed by atoms with Crippen LogP contribution in [0.2, 0.25) is 5.02 Å². The molecule has 0 spiro atoms. The second kappa shape index (κ2) is 8.01. The molecule has 0 fully saturated rings. The summed E-state index contributed by atoms with van der Waals surface area (Å²) in [5.74, 6) is 2.15. The molecular weight excluding hydrogens is 397 g/mol. The van der Waals surface area contributed by atoms with Gasteiger partial charge in [-0.2, -0.15) is 0 Å². The molecule has 1 N–H and O–H groups in total. The molecule has 0 amide bonds. The second-order valence-electron chi connectivity index (χ2n) is 5.32. The molecule has 2 aromatic carbocycles. The summed E-state index contributed by atoms with van der Waals surface area (Å²) in [6.07, 6.45) is 0. The Bertz CT molecular complexity index is 601. The van der Waals surface area contributed by atoms with Crippen molar-refractivity contribution in [2.24, 2.45) is 5.92 Å². The molecule has 0 aliphatic rings. The lowest BCUT2D eigenvalue weighted by Gasteiger charge is -2.11. The number of hydrogen-bond acceptors (Lipinski definition) is 2. The van der Waals surface area contributed by atoms with Crippen LogP contribution in [0.1, 0.15) is 19.4 Å². The van der Waals surface area contributed by atoms with Crippen LogP contribution >= 0.6 is 34.2 Å². The van der Waals surface area contributed by atoms with Gasteiger partial charge in [-0.05, 0) is 64.9 Å². The van der Waals surface area contributed by atoms with E-state index in [1.54, 1.807) is 0 Å². The summed E-state index contributed by atoms with van der Waals surface area (Å²) in [4.78, 5) is 0. The van der Waals surface area contributed by atoms with Gasteiger partial charge in [-0.1, -0.05) is 43.6 Å². The minimum Gasteiger partial charge on any atom is -0.455 e. The van der Waals surface area contributed by atoms with Crippen molar-refractivity contribution in [3.63, 3.8) is 0 Å². The van der Waals surface area contributed by atoms with E-state index in [0.717, 1.165) is 28.0 Å². The van der Waals surface area contributed by atoms with E-state index in [1.165, 1.54) is 0 Å². The first-order valence-electron chi connectivity index (χ1n) is 6.98. The number of benzene rings is 2. The van der Waals surface area contributed by atoms with Gasteiger partial charge in [0, 0.05) is 6.54 Å². The van der Waals surface area contributed by atoms with Gasteiger partial charge in [0.2, 0.25) is 0 Å². The molecule has 2 aromatic rings. The van der Waals surface area contributed by atoms with Gasteiger partial charge in [0.05, 0.1) is 8.59 Å². The van der Waals surface area contributed by atoms with Crippen LogP contribution in [-0.2, 0) is 6.54 Å². The Hall–Kier alpha value is -0.780. The van der Waals surface area contributed by atoms with Crippen LogP contribution in [0.5, 0.6) is 11.5 Å². The van der Waals surface area contributed by atoms with Crippen LogP contribution in [0.3, 0.4) is 0 Å². The first-order valence-corrected chi connectivity index (χ1v) is 8.43. The third-order valence-electron chi connectivity index (χ3n) is 2.93. The van der Waals surface area contributed by atoms with E-state index in [1.807, 2.05) is 42.5 Å². The van der Waals surface area contributed by atoms with Crippen molar-refractivity contribution in [3.8, 4) is 11.5 Å². The smallest absolute Gasteiger partial charge is 0.146 e. The van der Waals surface area contributed by atoms with Gasteiger partial charge in [0.1, 0.15) is 11.5 Å². The summed E-state index contributed by atoms with van der Waals surface area (Å²) in [6.45, 7) is 6.20. The van der Waals surface area contributed by atoms with Gasteiger partial charge >= 0.3 is 0 Å². The van der Waals surface area contributed by atoms with E-state index in [0.29, 0.717) is 16.7 Å². The summed E-state index contributed by atoms with van der Waals surface area (Å²) in [5, 5.41) is 4.04. The summed E-state index contributed by atoms with van der Waals surface area (Å²) in [5.41, 5.74) is 1.16. The van der Waals surface area contributed by atoms with Crippen LogP contribution in [0.15, 0.2) is 42.5 Å². The SMILES string of the molecule is CC(C)CNCc1ccc(Oc2ccccc2I)c(Cl)c1. The van der Waals surface area contributed by atoms with Crippen LogP contribution in [0.4, 0.5) is 0 Å². The van der Waals surface area contributed by atoms with Crippen molar-refractivity contribution in [2.75, 3.05) is 6.54 Å². The van der Waals surface area contributed by atoms with Gasteiger partial charge in [-0.25, -0.2) is 0 Å². The number of nitrogens with one attached hydrogen (secondary N) is 1. The zero-order chi connectivity index (χ0) is 15.2. The molecule has 0 aliphatic heterocycles. The first kappa shape index (κ1) is 16.6. The predicted molar refractivity (Wildman–Crippen MR) is 97.2 cm³/mol. The monoisotopic (exact) mass is 415 g/mol. The minimum absolute atomic E-state index is 0.638. The van der Waals surface area contributed by atoms with E-state index in [-0.39, 0.29) is 0 Å². The molecule has 2 rings (SSSR count). The molecule has 0 radical (unpaired) electrons. The summed E-state index contributed by atoms with van der Waals surface area (Å²) in [7, 11) is 0. The van der Waals surface area contributed by atoms with Crippen LogP contribution in [0.25, 0.3) is 0 Å². The van der Waals surface area contributed by atoms with Gasteiger partial charge < -0.3 is 10.1 Å². The van der Waals surface area contributed by atoms with Crippen molar-refractivity contribution in [1.29, 1.82) is 0 Å². The Morgan fingerprint density at radius 3 is 2.57 bits per heavy atom. The first-order chi connectivity index (χ1) is 10.1. The molecule has 0 aliphatic carbocycles. The predicted octanol–water partition coefficient (Wildman–Crippen LogP) is 5.48. The number of para-hydroxylation sites is 1. The molecule has 0 saturated carbocycles. The van der Waals surface area contributed by atoms with Gasteiger partial charge in [0.25, 0.3) is 0 Å². The fourth-order valence-corrected chi connectivity index (χ4v) is 2.63. The van der Waals surface area contributed by atoms with Crippen LogP contribution in [-0.4, -0.2) is 6.54 Å². The number of hydrogen-bond donors (Lipinski definition) is 1. The van der Waals surface area contributed by atoms with E-state index >= 15 is 0 Å². The molecule has 0 heterocycles. The fraction of sp³-hybridized carbons (Fsp3) is 0.294. The Kier molecular flexibility index (Phi) is 6.33. The number of halogens is 2. The molecule has 21 heavy (non-hydrogen) atoms. The maximum atomic E-state index is 6.32.